The number of hydrogen-bond acceptors (Lipinski definition) is 1. The summed E-state index contributed by atoms with van der Waals surface area (Å²) in [5, 5.41) is 0.718. The molecule has 0 unspecified atom stereocenters. The van der Waals surface area contributed by atoms with Crippen LogP contribution in [-0.2, 0) is 0 Å². The van der Waals surface area contributed by atoms with Crippen LogP contribution in [-0.4, -0.2) is 5.25 Å². The maximum Gasteiger partial charge on any atom is 0.00194 e. The molecule has 7 heavy (non-hydrogen) atoms. The number of thiol groups is 1. The molecule has 1 fully saturated rings. The van der Waals surface area contributed by atoms with Crippen molar-refractivity contribution in [1.29, 1.82) is 0 Å². The van der Waals surface area contributed by atoms with Crippen LogP contribution in [0.25, 0.3) is 0 Å². The normalized spacial score (nSPS) is 42.0. The fourth-order valence-electron chi connectivity index (χ4n) is 1.18. The molecule has 0 radical (unpaired) electrons. The largest absolute Gasteiger partial charge is 0.176 e. The zero-order chi connectivity index (χ0) is 5.28. The van der Waals surface area contributed by atoms with Crippen molar-refractivity contribution < 1.29 is 0 Å². The van der Waals surface area contributed by atoms with Gasteiger partial charge in [0, 0.05) is 5.25 Å². The lowest BCUT2D eigenvalue weighted by Gasteiger charge is -1.95. The van der Waals surface area contributed by atoms with E-state index in [-0.39, 0.29) is 0 Å². The van der Waals surface area contributed by atoms with Crippen molar-refractivity contribution in [2.24, 2.45) is 5.92 Å². The van der Waals surface area contributed by atoms with Crippen molar-refractivity contribution in [3.05, 3.63) is 0 Å². The van der Waals surface area contributed by atoms with Crippen LogP contribution in [0.5, 0.6) is 0 Å². The standard InChI is InChI=1S/C6H12S/c1-5-2-3-6(7)4-5/h5-7H,2-4H2,1H3/t5-,6-/m1/s1. The first-order valence-electron chi connectivity index (χ1n) is 2.97. The van der Waals surface area contributed by atoms with Crippen molar-refractivity contribution >= 4 is 12.6 Å². The maximum absolute atomic E-state index is 4.35. The quantitative estimate of drug-likeness (QED) is 0.460. The van der Waals surface area contributed by atoms with Gasteiger partial charge in [-0.15, -0.1) is 0 Å². The summed E-state index contributed by atoms with van der Waals surface area (Å²) in [4.78, 5) is 0. The lowest BCUT2D eigenvalue weighted by molar-refractivity contribution is 0.614. The Morgan fingerprint density at radius 2 is 2.14 bits per heavy atom. The molecule has 1 aliphatic rings. The van der Waals surface area contributed by atoms with Crippen LogP contribution in [0.2, 0.25) is 0 Å². The minimum Gasteiger partial charge on any atom is -0.176 e. The topological polar surface area (TPSA) is 0 Å². The van der Waals surface area contributed by atoms with Crippen molar-refractivity contribution in [3.8, 4) is 0 Å². The Kier molecular flexibility index (Phi) is 1.63. The van der Waals surface area contributed by atoms with E-state index in [1.54, 1.807) is 0 Å². The Morgan fingerprint density at radius 1 is 1.43 bits per heavy atom. The summed E-state index contributed by atoms with van der Waals surface area (Å²) in [5.41, 5.74) is 0. The van der Waals surface area contributed by atoms with Gasteiger partial charge in [-0.05, 0) is 25.2 Å². The van der Waals surface area contributed by atoms with Crippen molar-refractivity contribution in [2.75, 3.05) is 0 Å². The average molecular weight is 116 g/mol. The summed E-state index contributed by atoms with van der Waals surface area (Å²) in [7, 11) is 0. The van der Waals surface area contributed by atoms with Gasteiger partial charge in [0.1, 0.15) is 0 Å². The lowest BCUT2D eigenvalue weighted by Crippen LogP contribution is -1.88. The van der Waals surface area contributed by atoms with Gasteiger partial charge in [-0.25, -0.2) is 0 Å². The molecule has 0 bridgehead atoms. The molecular weight excluding hydrogens is 104 g/mol. The fraction of sp³-hybridized carbons (Fsp3) is 1.00. The van der Waals surface area contributed by atoms with E-state index in [1.807, 2.05) is 0 Å². The highest BCUT2D eigenvalue weighted by Crippen LogP contribution is 2.27. The molecule has 0 saturated heterocycles. The highest BCUT2D eigenvalue weighted by Gasteiger charge is 2.16. The predicted molar refractivity (Wildman–Crippen MR) is 35.8 cm³/mol. The van der Waals surface area contributed by atoms with Crippen molar-refractivity contribution in [3.63, 3.8) is 0 Å². The molecule has 2 atom stereocenters. The van der Waals surface area contributed by atoms with Gasteiger partial charge >= 0.3 is 0 Å². The Hall–Kier alpha value is 0.350. The van der Waals surface area contributed by atoms with Crippen LogP contribution < -0.4 is 0 Å². The van der Waals surface area contributed by atoms with E-state index in [0.717, 1.165) is 11.2 Å². The van der Waals surface area contributed by atoms with Crippen molar-refractivity contribution in [2.45, 2.75) is 31.4 Å². The van der Waals surface area contributed by atoms with Crippen LogP contribution in [0, 0.1) is 5.92 Å². The molecule has 1 aliphatic carbocycles. The van der Waals surface area contributed by atoms with E-state index in [1.165, 1.54) is 19.3 Å². The molecule has 0 aromatic carbocycles. The summed E-state index contributed by atoms with van der Waals surface area (Å²) >= 11 is 4.35. The Labute approximate surface area is 50.7 Å². The van der Waals surface area contributed by atoms with Gasteiger partial charge in [-0.2, -0.15) is 12.6 Å². The molecule has 42 valence electrons. The third-order valence-corrected chi connectivity index (χ3v) is 2.14. The summed E-state index contributed by atoms with van der Waals surface area (Å²) in [5.74, 6) is 0.947. The van der Waals surface area contributed by atoms with Gasteiger partial charge in [0.05, 0.1) is 0 Å². The second kappa shape index (κ2) is 2.08. The molecule has 1 rings (SSSR count). The van der Waals surface area contributed by atoms with E-state index in [9.17, 15) is 0 Å². The first-order valence-corrected chi connectivity index (χ1v) is 3.48. The molecule has 0 spiro atoms. The second-order valence-corrected chi connectivity index (χ2v) is 3.30. The molecule has 0 aromatic heterocycles. The summed E-state index contributed by atoms with van der Waals surface area (Å²) in [6.45, 7) is 2.30. The zero-order valence-corrected chi connectivity index (χ0v) is 5.62. The van der Waals surface area contributed by atoms with E-state index in [4.69, 9.17) is 0 Å². The first kappa shape index (κ1) is 5.49. The predicted octanol–water partition coefficient (Wildman–Crippen LogP) is 2.10. The Bertz CT molecular complexity index is 53.2. The summed E-state index contributed by atoms with van der Waals surface area (Å²) in [6.07, 6.45) is 4.07. The summed E-state index contributed by atoms with van der Waals surface area (Å²) in [6, 6.07) is 0. The maximum atomic E-state index is 4.35. The van der Waals surface area contributed by atoms with Gasteiger partial charge in [-0.1, -0.05) is 6.92 Å². The minimum absolute atomic E-state index is 0.718. The van der Waals surface area contributed by atoms with Crippen molar-refractivity contribution in [1.82, 2.24) is 0 Å². The van der Waals surface area contributed by atoms with Gasteiger partial charge in [0.15, 0.2) is 0 Å². The third kappa shape index (κ3) is 1.37. The molecule has 0 amide bonds. The molecule has 0 aromatic rings. The molecule has 1 saturated carbocycles. The van der Waals surface area contributed by atoms with Gasteiger partial charge in [-0.3, -0.25) is 0 Å². The lowest BCUT2D eigenvalue weighted by atomic mass is 10.1. The van der Waals surface area contributed by atoms with E-state index >= 15 is 0 Å². The molecule has 0 heterocycles. The monoisotopic (exact) mass is 116 g/mol. The molecule has 0 N–H and O–H groups in total. The molecule has 0 aliphatic heterocycles. The van der Waals surface area contributed by atoms with E-state index < -0.39 is 0 Å². The second-order valence-electron chi connectivity index (χ2n) is 2.57. The van der Waals surface area contributed by atoms with Crippen LogP contribution >= 0.6 is 12.6 Å². The molecule has 0 nitrogen and oxygen atoms in total. The van der Waals surface area contributed by atoms with Gasteiger partial charge in [0.25, 0.3) is 0 Å². The average Bonchev–Trinajstić information content (AvgIpc) is 1.87. The third-order valence-electron chi connectivity index (χ3n) is 1.67. The fourth-order valence-corrected chi connectivity index (χ4v) is 1.69. The highest BCUT2D eigenvalue weighted by molar-refractivity contribution is 7.80. The summed E-state index contributed by atoms with van der Waals surface area (Å²) < 4.78 is 0. The van der Waals surface area contributed by atoms with E-state index in [0.29, 0.717) is 0 Å². The Morgan fingerprint density at radius 3 is 2.29 bits per heavy atom. The number of hydrogen-bond donors (Lipinski definition) is 1. The minimum atomic E-state index is 0.718. The smallest absolute Gasteiger partial charge is 0.00194 e. The molecule has 1 heteroatoms. The Balaban J connectivity index is 2.26. The van der Waals surface area contributed by atoms with Crippen LogP contribution in [0.1, 0.15) is 26.2 Å². The van der Waals surface area contributed by atoms with Gasteiger partial charge in [0.2, 0.25) is 0 Å². The SMILES string of the molecule is C[C@@H]1CC[C@@H](S)C1. The first-order chi connectivity index (χ1) is 3.29. The van der Waals surface area contributed by atoms with E-state index in [2.05, 4.69) is 19.6 Å². The van der Waals surface area contributed by atoms with Crippen LogP contribution in [0.4, 0.5) is 0 Å². The van der Waals surface area contributed by atoms with Crippen LogP contribution in [0.3, 0.4) is 0 Å². The van der Waals surface area contributed by atoms with Gasteiger partial charge < -0.3 is 0 Å². The molecular formula is C6H12S. The highest BCUT2D eigenvalue weighted by atomic mass is 32.1. The zero-order valence-electron chi connectivity index (χ0n) is 4.72. The van der Waals surface area contributed by atoms with Crippen LogP contribution in [0.15, 0.2) is 0 Å². The number of rotatable bonds is 0.